The Bertz CT molecular complexity index is 583. The molecule has 1 aliphatic heterocycles. The molecule has 0 aliphatic carbocycles. The highest BCUT2D eigenvalue weighted by molar-refractivity contribution is 5.74. The van der Waals surface area contributed by atoms with Crippen LogP contribution in [0.4, 0.5) is 5.95 Å². The molecule has 1 atom stereocenters. The standard InChI is InChI=1S/C14H21N5/c1-10-5-6-12-13(16-10)19(14(15)17-12)9-11(2)18-7-3-4-8-18/h5-6,11H,3-4,7-9H2,1-2H3,(H2,15,17). The van der Waals surface area contributed by atoms with Gasteiger partial charge in [-0.25, -0.2) is 9.97 Å². The first-order chi connectivity index (χ1) is 9.15. The number of nitrogens with zero attached hydrogens (tertiary/aromatic N) is 4. The molecule has 1 fully saturated rings. The minimum atomic E-state index is 0.476. The van der Waals surface area contributed by atoms with Gasteiger partial charge in [0.25, 0.3) is 0 Å². The highest BCUT2D eigenvalue weighted by atomic mass is 15.2. The van der Waals surface area contributed by atoms with Crippen LogP contribution in [0.25, 0.3) is 11.2 Å². The van der Waals surface area contributed by atoms with Gasteiger partial charge in [-0.3, -0.25) is 9.47 Å². The molecular formula is C14H21N5. The van der Waals surface area contributed by atoms with E-state index < -0.39 is 0 Å². The lowest BCUT2D eigenvalue weighted by atomic mass is 10.3. The van der Waals surface area contributed by atoms with Crippen LogP contribution in [0, 0.1) is 6.92 Å². The Morgan fingerprint density at radius 1 is 1.26 bits per heavy atom. The van der Waals surface area contributed by atoms with Gasteiger partial charge in [-0.05, 0) is 51.9 Å². The van der Waals surface area contributed by atoms with E-state index in [9.17, 15) is 0 Å². The van der Waals surface area contributed by atoms with Gasteiger partial charge in [-0.2, -0.15) is 0 Å². The van der Waals surface area contributed by atoms with E-state index in [1.54, 1.807) is 0 Å². The Kier molecular flexibility index (Phi) is 3.14. The minimum absolute atomic E-state index is 0.476. The summed E-state index contributed by atoms with van der Waals surface area (Å²) < 4.78 is 2.05. The van der Waals surface area contributed by atoms with Gasteiger partial charge >= 0.3 is 0 Å². The van der Waals surface area contributed by atoms with Crippen LogP contribution >= 0.6 is 0 Å². The van der Waals surface area contributed by atoms with Crippen molar-refractivity contribution in [3.05, 3.63) is 17.8 Å². The summed E-state index contributed by atoms with van der Waals surface area (Å²) in [5.41, 5.74) is 8.84. The number of imidazole rings is 1. The summed E-state index contributed by atoms with van der Waals surface area (Å²) in [6, 6.07) is 4.44. The number of rotatable bonds is 3. The lowest BCUT2D eigenvalue weighted by Crippen LogP contribution is -2.34. The number of aromatic nitrogens is 3. The number of likely N-dealkylation sites (tertiary alicyclic amines) is 1. The van der Waals surface area contributed by atoms with Gasteiger partial charge < -0.3 is 5.73 Å². The molecule has 0 aromatic carbocycles. The first-order valence-electron chi connectivity index (χ1n) is 6.98. The fourth-order valence-electron chi connectivity index (χ4n) is 2.86. The molecule has 1 aliphatic rings. The van der Waals surface area contributed by atoms with E-state index in [0.717, 1.165) is 23.4 Å². The second kappa shape index (κ2) is 4.81. The van der Waals surface area contributed by atoms with Crippen molar-refractivity contribution in [2.45, 2.75) is 39.3 Å². The van der Waals surface area contributed by atoms with Crippen molar-refractivity contribution < 1.29 is 0 Å². The van der Waals surface area contributed by atoms with Crippen LogP contribution in [0.5, 0.6) is 0 Å². The Hall–Kier alpha value is -1.62. The zero-order valence-corrected chi connectivity index (χ0v) is 11.6. The van der Waals surface area contributed by atoms with Gasteiger partial charge in [0.15, 0.2) is 5.65 Å². The molecule has 0 radical (unpaired) electrons. The third-order valence-electron chi connectivity index (χ3n) is 3.97. The van der Waals surface area contributed by atoms with Gasteiger partial charge in [0.1, 0.15) is 5.52 Å². The van der Waals surface area contributed by atoms with Crippen molar-refractivity contribution in [2.75, 3.05) is 18.8 Å². The van der Waals surface area contributed by atoms with Gasteiger partial charge in [-0.1, -0.05) is 0 Å². The molecule has 0 spiro atoms. The number of nitrogens with two attached hydrogens (primary N) is 1. The highest BCUT2D eigenvalue weighted by Gasteiger charge is 2.20. The second-order valence-corrected chi connectivity index (χ2v) is 5.47. The summed E-state index contributed by atoms with van der Waals surface area (Å²) in [5.74, 6) is 0.569. The Morgan fingerprint density at radius 3 is 2.74 bits per heavy atom. The van der Waals surface area contributed by atoms with Gasteiger partial charge in [0, 0.05) is 18.3 Å². The van der Waals surface area contributed by atoms with E-state index in [1.165, 1.54) is 25.9 Å². The van der Waals surface area contributed by atoms with Crippen LogP contribution in [-0.2, 0) is 6.54 Å². The zero-order valence-electron chi connectivity index (χ0n) is 11.6. The van der Waals surface area contributed by atoms with Gasteiger partial charge in [-0.15, -0.1) is 0 Å². The van der Waals surface area contributed by atoms with E-state index in [4.69, 9.17) is 5.73 Å². The van der Waals surface area contributed by atoms with Crippen molar-refractivity contribution in [3.63, 3.8) is 0 Å². The van der Waals surface area contributed by atoms with Crippen molar-refractivity contribution in [3.8, 4) is 0 Å². The van der Waals surface area contributed by atoms with Gasteiger partial charge in [0.05, 0.1) is 0 Å². The fraction of sp³-hybridized carbons (Fsp3) is 0.571. The fourth-order valence-corrected chi connectivity index (χ4v) is 2.86. The molecule has 0 amide bonds. The smallest absolute Gasteiger partial charge is 0.202 e. The topological polar surface area (TPSA) is 60.0 Å². The summed E-state index contributed by atoms with van der Waals surface area (Å²) in [4.78, 5) is 11.5. The van der Waals surface area contributed by atoms with Gasteiger partial charge in [0.2, 0.25) is 5.95 Å². The van der Waals surface area contributed by atoms with E-state index in [2.05, 4.69) is 21.8 Å². The molecular weight excluding hydrogens is 238 g/mol. The number of hydrogen-bond donors (Lipinski definition) is 1. The summed E-state index contributed by atoms with van der Waals surface area (Å²) >= 11 is 0. The Balaban J connectivity index is 1.90. The molecule has 3 rings (SSSR count). The number of aryl methyl sites for hydroxylation is 1. The predicted octanol–water partition coefficient (Wildman–Crippen LogP) is 1.81. The third-order valence-corrected chi connectivity index (χ3v) is 3.97. The number of pyridine rings is 1. The molecule has 1 unspecified atom stereocenters. The van der Waals surface area contributed by atoms with Crippen molar-refractivity contribution in [1.82, 2.24) is 19.4 Å². The molecule has 2 aromatic heterocycles. The third kappa shape index (κ3) is 2.30. The number of fused-ring (bicyclic) bond motifs is 1. The number of anilines is 1. The molecule has 0 saturated carbocycles. The van der Waals surface area contributed by atoms with Crippen molar-refractivity contribution in [2.24, 2.45) is 0 Å². The molecule has 102 valence electrons. The molecule has 0 bridgehead atoms. The van der Waals surface area contributed by atoms with Crippen LogP contribution in [0.1, 0.15) is 25.5 Å². The first kappa shape index (κ1) is 12.4. The maximum atomic E-state index is 6.04. The molecule has 19 heavy (non-hydrogen) atoms. The monoisotopic (exact) mass is 259 g/mol. The summed E-state index contributed by atoms with van der Waals surface area (Å²) in [7, 11) is 0. The molecule has 5 heteroatoms. The lowest BCUT2D eigenvalue weighted by molar-refractivity contribution is 0.238. The SMILES string of the molecule is Cc1ccc2nc(N)n(CC(C)N3CCCC3)c2n1. The highest BCUT2D eigenvalue weighted by Crippen LogP contribution is 2.19. The minimum Gasteiger partial charge on any atom is -0.369 e. The Labute approximate surface area is 113 Å². The van der Waals surface area contributed by atoms with E-state index in [0.29, 0.717) is 12.0 Å². The molecule has 1 saturated heterocycles. The lowest BCUT2D eigenvalue weighted by Gasteiger charge is -2.24. The van der Waals surface area contributed by atoms with Crippen LogP contribution in [-0.4, -0.2) is 38.6 Å². The summed E-state index contributed by atoms with van der Waals surface area (Å²) in [5, 5.41) is 0. The van der Waals surface area contributed by atoms with E-state index in [-0.39, 0.29) is 0 Å². The van der Waals surface area contributed by atoms with Crippen LogP contribution < -0.4 is 5.73 Å². The average molecular weight is 259 g/mol. The predicted molar refractivity (Wildman–Crippen MR) is 76.9 cm³/mol. The molecule has 2 aromatic rings. The molecule has 2 N–H and O–H groups in total. The quantitative estimate of drug-likeness (QED) is 0.913. The Morgan fingerprint density at radius 2 is 2.00 bits per heavy atom. The summed E-state index contributed by atoms with van der Waals surface area (Å²) in [6.45, 7) is 7.50. The maximum absolute atomic E-state index is 6.04. The average Bonchev–Trinajstić information content (AvgIpc) is 2.99. The van der Waals surface area contributed by atoms with Crippen LogP contribution in [0.15, 0.2) is 12.1 Å². The van der Waals surface area contributed by atoms with E-state index in [1.807, 2.05) is 23.6 Å². The van der Waals surface area contributed by atoms with Crippen molar-refractivity contribution >= 4 is 17.1 Å². The first-order valence-corrected chi connectivity index (χ1v) is 6.98. The van der Waals surface area contributed by atoms with Crippen LogP contribution in [0.3, 0.4) is 0 Å². The summed E-state index contributed by atoms with van der Waals surface area (Å²) in [6.07, 6.45) is 2.61. The second-order valence-electron chi connectivity index (χ2n) is 5.47. The normalized spacial score (nSPS) is 18.2. The maximum Gasteiger partial charge on any atom is 0.202 e. The number of hydrogen-bond acceptors (Lipinski definition) is 4. The van der Waals surface area contributed by atoms with Crippen molar-refractivity contribution in [1.29, 1.82) is 0 Å². The molecule has 5 nitrogen and oxygen atoms in total. The zero-order chi connectivity index (χ0) is 13.4. The largest absolute Gasteiger partial charge is 0.369 e. The number of nitrogen functional groups attached to an aromatic ring is 1. The molecule has 3 heterocycles. The van der Waals surface area contributed by atoms with E-state index >= 15 is 0 Å². The van der Waals surface area contributed by atoms with Crippen LogP contribution in [0.2, 0.25) is 0 Å².